The smallest absolute Gasteiger partial charge is 0.0652 e. The van der Waals surface area contributed by atoms with Gasteiger partial charge in [0.25, 0.3) is 0 Å². The minimum absolute atomic E-state index is 0.625. The molecule has 4 heteroatoms. The first kappa shape index (κ1) is 40.2. The quantitative estimate of drug-likeness (QED) is 0.264. The number of hydrogen-bond donors (Lipinski definition) is 0. The Morgan fingerprint density at radius 1 is 0.293 bits per heavy atom. The van der Waals surface area contributed by atoms with Gasteiger partial charge in [0.2, 0.25) is 0 Å². The Morgan fingerprint density at radius 2 is 0.793 bits per heavy atom. The molecule has 0 N–H and O–H groups in total. The number of hydrogen-bond acceptors (Lipinski definition) is 4. The lowest BCUT2D eigenvalue weighted by Crippen LogP contribution is -2.54. The molecule has 12 rings (SSSR count). The maximum Gasteiger partial charge on any atom is 0.0652 e. The molecular weight excluding hydrogens is 743 g/mol. The van der Waals surface area contributed by atoms with Crippen LogP contribution in [0.1, 0.15) is 212 Å². The fraction of sp³-hybridized carbons (Fsp3) is 1.00. The van der Waals surface area contributed by atoms with Gasteiger partial charge in [-0.1, -0.05) is 70.6 Å². The number of thioether (sulfide) groups is 2. The molecule has 0 aromatic rings. The highest BCUT2D eigenvalue weighted by atomic mass is 32.2. The first-order valence-corrected chi connectivity index (χ1v) is 29.4. The Kier molecular flexibility index (Phi) is 12.1. The summed E-state index contributed by atoms with van der Waals surface area (Å²) in [6.07, 6.45) is 52.0. The van der Waals surface area contributed by atoms with E-state index < -0.39 is 0 Å². The topological polar surface area (TPSA) is 12.5 Å². The number of ether oxygens (including phenoxy) is 1. The molecule has 9 saturated carbocycles. The Hall–Kier alpha value is 0.620. The summed E-state index contributed by atoms with van der Waals surface area (Å²) in [6.45, 7) is 0. The van der Waals surface area contributed by atoms with Crippen LogP contribution in [-0.4, -0.2) is 56.2 Å². The molecular formula is C54H87NOS2. The van der Waals surface area contributed by atoms with E-state index in [0.717, 1.165) is 110 Å². The lowest BCUT2D eigenvalue weighted by molar-refractivity contribution is -0.0777. The van der Waals surface area contributed by atoms with E-state index in [2.05, 4.69) is 28.4 Å². The molecule has 12 fully saturated rings. The van der Waals surface area contributed by atoms with Gasteiger partial charge in [-0.05, 0) is 206 Å². The second kappa shape index (κ2) is 17.5. The molecule has 0 aromatic carbocycles. The number of fused-ring (bicyclic) bond motifs is 10. The summed E-state index contributed by atoms with van der Waals surface area (Å²) in [5.74, 6) is 12.0. The lowest BCUT2D eigenvalue weighted by atomic mass is 9.62. The van der Waals surface area contributed by atoms with Crippen molar-refractivity contribution in [1.29, 1.82) is 0 Å². The van der Waals surface area contributed by atoms with Gasteiger partial charge in [-0.25, -0.2) is 0 Å². The van der Waals surface area contributed by atoms with Gasteiger partial charge >= 0.3 is 0 Å². The van der Waals surface area contributed by atoms with Crippen molar-refractivity contribution in [3.8, 4) is 0 Å². The highest BCUT2D eigenvalue weighted by Gasteiger charge is 2.60. The van der Waals surface area contributed by atoms with Crippen molar-refractivity contribution in [2.45, 2.75) is 263 Å². The molecule has 12 aliphatic rings. The molecule has 3 heterocycles. The molecule has 3 aliphatic heterocycles. The van der Waals surface area contributed by atoms with Gasteiger partial charge in [0.05, 0.1) is 12.2 Å². The van der Waals surface area contributed by atoms with E-state index in [1.54, 1.807) is 89.9 Å². The standard InChI is InChI=1S/C54H87NOS2/c1-2-10-34(11-3-1)35-20-26-38(27-21-35)55(40-30-24-37(25-31-40)42-15-9-17-46-43-12-4-6-18-48(43)58-54(42)46)39-28-22-36(23-29-39)41-14-8-16-44-45-32-33-50-51(53(45)56-52(41)44)47-13-5-7-19-49(47)57-50/h34-54H,1-33H2. The van der Waals surface area contributed by atoms with E-state index in [1.165, 1.54) is 122 Å². The highest BCUT2D eigenvalue weighted by molar-refractivity contribution is 8.01. The Balaban J connectivity index is 0.717. The van der Waals surface area contributed by atoms with E-state index in [1.807, 2.05) is 0 Å². The summed E-state index contributed by atoms with van der Waals surface area (Å²) in [7, 11) is 0. The summed E-state index contributed by atoms with van der Waals surface area (Å²) in [5, 5.41) is 4.00. The lowest BCUT2D eigenvalue weighted by Gasteiger charge is -2.52. The van der Waals surface area contributed by atoms with Crippen LogP contribution < -0.4 is 0 Å². The SMILES string of the molecule is C1CCC(C2CCC(N(C3CCC(C4CCCC5C6CCC7SC8CCCCC8C7C6OC45)CC3)C3CCC(C4CCCC5C6CCCCC6SC45)CC3)CC2)CC1. The van der Waals surface area contributed by atoms with Crippen LogP contribution in [0.25, 0.3) is 0 Å². The fourth-order valence-electron chi connectivity index (χ4n) is 19.5. The number of rotatable bonds is 6. The van der Waals surface area contributed by atoms with Gasteiger partial charge in [0, 0.05) is 45.0 Å². The third-order valence-electron chi connectivity index (χ3n) is 22.0. The molecule has 9 aliphatic carbocycles. The molecule has 0 spiro atoms. The monoisotopic (exact) mass is 830 g/mol. The molecule has 326 valence electrons. The van der Waals surface area contributed by atoms with Crippen LogP contribution in [0.15, 0.2) is 0 Å². The molecule has 2 nitrogen and oxygen atoms in total. The maximum atomic E-state index is 7.61. The van der Waals surface area contributed by atoms with Crippen LogP contribution in [0.4, 0.5) is 0 Å². The van der Waals surface area contributed by atoms with Crippen LogP contribution >= 0.6 is 23.5 Å². The van der Waals surface area contributed by atoms with Crippen molar-refractivity contribution >= 4 is 23.5 Å². The van der Waals surface area contributed by atoms with Gasteiger partial charge in [0.1, 0.15) is 0 Å². The highest BCUT2D eigenvalue weighted by Crippen LogP contribution is 2.63. The van der Waals surface area contributed by atoms with Gasteiger partial charge in [-0.3, -0.25) is 4.90 Å². The molecule has 14 unspecified atom stereocenters. The van der Waals surface area contributed by atoms with Crippen LogP contribution in [0.2, 0.25) is 0 Å². The molecule has 0 aromatic heterocycles. The van der Waals surface area contributed by atoms with Gasteiger partial charge < -0.3 is 4.74 Å². The molecule has 0 bridgehead atoms. The first-order valence-electron chi connectivity index (χ1n) is 27.5. The molecule has 3 saturated heterocycles. The second-order valence-corrected chi connectivity index (χ2v) is 27.1. The summed E-state index contributed by atoms with van der Waals surface area (Å²) >= 11 is 5.01. The third kappa shape index (κ3) is 7.42. The molecule has 0 radical (unpaired) electrons. The molecule has 58 heavy (non-hydrogen) atoms. The zero-order valence-electron chi connectivity index (χ0n) is 37.1. The predicted molar refractivity (Wildman–Crippen MR) is 246 cm³/mol. The normalized spacial score (nSPS) is 53.5. The Labute approximate surface area is 365 Å². The summed E-state index contributed by atoms with van der Waals surface area (Å²) in [4.78, 5) is 3.37. The van der Waals surface area contributed by atoms with E-state index in [4.69, 9.17) is 4.74 Å². The summed E-state index contributed by atoms with van der Waals surface area (Å²) in [5.41, 5.74) is 0. The van der Waals surface area contributed by atoms with E-state index >= 15 is 0 Å². The van der Waals surface area contributed by atoms with Crippen LogP contribution in [0.5, 0.6) is 0 Å². The van der Waals surface area contributed by atoms with Crippen molar-refractivity contribution in [3.63, 3.8) is 0 Å². The van der Waals surface area contributed by atoms with Crippen molar-refractivity contribution in [2.24, 2.45) is 71.0 Å². The summed E-state index contributed by atoms with van der Waals surface area (Å²) in [6, 6.07) is 2.68. The average Bonchev–Trinajstić information content (AvgIpc) is 3.99. The molecule has 0 amide bonds. The van der Waals surface area contributed by atoms with Gasteiger partial charge in [-0.2, -0.15) is 23.5 Å². The minimum atomic E-state index is 0.625. The predicted octanol–water partition coefficient (Wildman–Crippen LogP) is 14.5. The molecule has 14 atom stereocenters. The Morgan fingerprint density at radius 3 is 1.50 bits per heavy atom. The Bertz CT molecular complexity index is 1360. The fourth-order valence-corrected chi connectivity index (χ4v) is 23.9. The second-order valence-electron chi connectivity index (χ2n) is 24.2. The zero-order valence-corrected chi connectivity index (χ0v) is 38.8. The van der Waals surface area contributed by atoms with Crippen LogP contribution in [-0.2, 0) is 4.74 Å². The third-order valence-corrected chi connectivity index (χ3v) is 25.7. The van der Waals surface area contributed by atoms with E-state index in [9.17, 15) is 0 Å². The van der Waals surface area contributed by atoms with Crippen molar-refractivity contribution in [3.05, 3.63) is 0 Å². The zero-order chi connectivity index (χ0) is 38.2. The minimum Gasteiger partial charge on any atom is -0.374 e. The van der Waals surface area contributed by atoms with E-state index in [-0.39, 0.29) is 0 Å². The first-order chi connectivity index (χ1) is 28.7. The summed E-state index contributed by atoms with van der Waals surface area (Å²) < 4.78 is 7.61. The largest absolute Gasteiger partial charge is 0.374 e. The van der Waals surface area contributed by atoms with Crippen LogP contribution in [0, 0.1) is 71.0 Å². The van der Waals surface area contributed by atoms with Crippen molar-refractivity contribution < 1.29 is 4.74 Å². The number of nitrogens with zero attached hydrogens (tertiary/aromatic N) is 1. The van der Waals surface area contributed by atoms with Crippen molar-refractivity contribution in [1.82, 2.24) is 4.90 Å². The van der Waals surface area contributed by atoms with Gasteiger partial charge in [-0.15, -0.1) is 0 Å². The van der Waals surface area contributed by atoms with E-state index in [0.29, 0.717) is 12.2 Å². The van der Waals surface area contributed by atoms with Crippen molar-refractivity contribution in [2.75, 3.05) is 0 Å². The average molecular weight is 830 g/mol. The van der Waals surface area contributed by atoms with Crippen LogP contribution in [0.3, 0.4) is 0 Å². The maximum absolute atomic E-state index is 7.61. The van der Waals surface area contributed by atoms with Gasteiger partial charge in [0.15, 0.2) is 0 Å².